The van der Waals surface area contributed by atoms with Crippen LogP contribution in [0.1, 0.15) is 20.3 Å². The van der Waals surface area contributed by atoms with Gasteiger partial charge in [0, 0.05) is 11.8 Å². The predicted octanol–water partition coefficient (Wildman–Crippen LogP) is -0.441. The second-order valence-electron chi connectivity index (χ2n) is 3.72. The molecule has 1 saturated carbocycles. The topological polar surface area (TPSA) is 83.5 Å². The van der Waals surface area contributed by atoms with Crippen molar-refractivity contribution in [3.63, 3.8) is 0 Å². The van der Waals surface area contributed by atoms with E-state index >= 15 is 0 Å². The van der Waals surface area contributed by atoms with Gasteiger partial charge in [0.25, 0.3) is 0 Å². The van der Waals surface area contributed by atoms with E-state index in [-0.39, 0.29) is 6.42 Å². The van der Waals surface area contributed by atoms with Gasteiger partial charge in [-0.3, -0.25) is 4.79 Å². The van der Waals surface area contributed by atoms with Crippen LogP contribution in [0, 0.1) is 5.41 Å². The Morgan fingerprint density at radius 2 is 2.09 bits per heavy atom. The first kappa shape index (κ1) is 8.49. The van der Waals surface area contributed by atoms with Crippen LogP contribution in [-0.4, -0.2) is 27.8 Å². The molecule has 0 aromatic heterocycles. The molecule has 0 saturated heterocycles. The summed E-state index contributed by atoms with van der Waals surface area (Å²) in [7, 11) is 0. The van der Waals surface area contributed by atoms with Crippen molar-refractivity contribution in [2.24, 2.45) is 11.1 Å². The minimum absolute atomic E-state index is 0.148. The van der Waals surface area contributed by atoms with Crippen molar-refractivity contribution in [1.82, 2.24) is 0 Å². The molecule has 0 aromatic rings. The molecule has 64 valence electrons. The zero-order valence-corrected chi connectivity index (χ0v) is 6.66. The molecule has 0 bridgehead atoms. The lowest BCUT2D eigenvalue weighted by atomic mass is 9.55. The van der Waals surface area contributed by atoms with E-state index < -0.39 is 23.0 Å². The van der Waals surface area contributed by atoms with Gasteiger partial charge in [-0.25, -0.2) is 0 Å². The summed E-state index contributed by atoms with van der Waals surface area (Å²) < 4.78 is 0. The average Bonchev–Trinajstić information content (AvgIpc) is 1.87. The standard InChI is InChI=1S/C7H13NO3/c1-6(2)4(9)3-7(6,8)5(10)11/h4,9H,3,8H2,1-2H3,(H,10,11). The van der Waals surface area contributed by atoms with Crippen molar-refractivity contribution in [3.8, 4) is 0 Å². The van der Waals surface area contributed by atoms with Crippen molar-refractivity contribution in [1.29, 1.82) is 0 Å². The van der Waals surface area contributed by atoms with Crippen molar-refractivity contribution in [3.05, 3.63) is 0 Å². The highest BCUT2D eigenvalue weighted by atomic mass is 16.4. The Labute approximate surface area is 65.0 Å². The molecule has 0 aliphatic heterocycles. The second kappa shape index (κ2) is 1.95. The van der Waals surface area contributed by atoms with Crippen molar-refractivity contribution in [2.45, 2.75) is 31.9 Å². The van der Waals surface area contributed by atoms with E-state index in [9.17, 15) is 9.90 Å². The summed E-state index contributed by atoms with van der Waals surface area (Å²) in [6.45, 7) is 3.32. The van der Waals surface area contributed by atoms with E-state index in [1.165, 1.54) is 0 Å². The maximum absolute atomic E-state index is 10.6. The Kier molecular flexibility index (Phi) is 1.51. The number of aliphatic hydroxyl groups is 1. The summed E-state index contributed by atoms with van der Waals surface area (Å²) in [6, 6.07) is 0. The zero-order chi connectivity index (χ0) is 8.86. The Morgan fingerprint density at radius 3 is 2.18 bits per heavy atom. The first-order valence-corrected chi connectivity index (χ1v) is 3.53. The highest BCUT2D eigenvalue weighted by Crippen LogP contribution is 2.47. The minimum atomic E-state index is -1.24. The molecule has 0 spiro atoms. The molecule has 0 radical (unpaired) electrons. The maximum Gasteiger partial charge on any atom is 0.324 e. The van der Waals surface area contributed by atoms with Crippen LogP contribution in [0.4, 0.5) is 0 Å². The van der Waals surface area contributed by atoms with Crippen molar-refractivity contribution in [2.75, 3.05) is 0 Å². The molecule has 2 unspecified atom stereocenters. The Bertz CT molecular complexity index is 202. The number of carboxylic acids is 1. The van der Waals surface area contributed by atoms with Crippen LogP contribution in [0.3, 0.4) is 0 Å². The third kappa shape index (κ3) is 0.795. The third-order valence-corrected chi connectivity index (χ3v) is 2.88. The SMILES string of the molecule is CC1(C)C(O)CC1(N)C(=O)O. The van der Waals surface area contributed by atoms with Crippen LogP contribution in [0.15, 0.2) is 0 Å². The van der Waals surface area contributed by atoms with Crippen LogP contribution in [-0.2, 0) is 4.79 Å². The molecule has 1 fully saturated rings. The summed E-state index contributed by atoms with van der Waals surface area (Å²) in [4.78, 5) is 10.6. The van der Waals surface area contributed by atoms with Crippen LogP contribution in [0.2, 0.25) is 0 Å². The largest absolute Gasteiger partial charge is 0.480 e. The third-order valence-electron chi connectivity index (χ3n) is 2.88. The summed E-state index contributed by atoms with van der Waals surface area (Å²) in [5, 5.41) is 17.9. The molecule has 1 aliphatic carbocycles. The second-order valence-corrected chi connectivity index (χ2v) is 3.72. The maximum atomic E-state index is 10.6. The Hall–Kier alpha value is -0.610. The fourth-order valence-corrected chi connectivity index (χ4v) is 1.35. The fraction of sp³-hybridized carbons (Fsp3) is 0.857. The molecule has 0 amide bonds. The van der Waals surface area contributed by atoms with Crippen LogP contribution < -0.4 is 5.73 Å². The number of hydrogen-bond acceptors (Lipinski definition) is 3. The van der Waals surface area contributed by atoms with Gasteiger partial charge in [-0.1, -0.05) is 13.8 Å². The molecule has 4 heteroatoms. The lowest BCUT2D eigenvalue weighted by molar-refractivity contribution is -0.175. The predicted molar refractivity (Wildman–Crippen MR) is 39.0 cm³/mol. The molecular weight excluding hydrogens is 146 g/mol. The quantitative estimate of drug-likeness (QED) is 0.484. The molecule has 1 aliphatic rings. The summed E-state index contributed by atoms with van der Waals surface area (Å²) in [6.07, 6.45) is -0.446. The molecule has 1 rings (SSSR count). The molecule has 0 heterocycles. The van der Waals surface area contributed by atoms with E-state index in [1.807, 2.05) is 0 Å². The van der Waals surface area contributed by atoms with E-state index in [0.717, 1.165) is 0 Å². The first-order valence-electron chi connectivity index (χ1n) is 3.53. The summed E-state index contributed by atoms with van der Waals surface area (Å²) in [5.74, 6) is -1.03. The number of hydrogen-bond donors (Lipinski definition) is 3. The van der Waals surface area contributed by atoms with Crippen molar-refractivity contribution >= 4 is 5.97 Å². The molecular formula is C7H13NO3. The molecule has 0 aromatic carbocycles. The van der Waals surface area contributed by atoms with E-state index in [4.69, 9.17) is 10.8 Å². The Balaban J connectivity index is 2.87. The number of aliphatic hydroxyl groups excluding tert-OH is 1. The van der Waals surface area contributed by atoms with Gasteiger partial charge in [0.05, 0.1) is 6.10 Å². The van der Waals surface area contributed by atoms with Gasteiger partial charge < -0.3 is 15.9 Å². The minimum Gasteiger partial charge on any atom is -0.480 e. The Morgan fingerprint density at radius 1 is 1.64 bits per heavy atom. The average molecular weight is 159 g/mol. The summed E-state index contributed by atoms with van der Waals surface area (Å²) >= 11 is 0. The monoisotopic (exact) mass is 159 g/mol. The highest BCUT2D eigenvalue weighted by Gasteiger charge is 2.62. The van der Waals surface area contributed by atoms with E-state index in [1.54, 1.807) is 13.8 Å². The van der Waals surface area contributed by atoms with Gasteiger partial charge in [-0.05, 0) is 0 Å². The highest BCUT2D eigenvalue weighted by molar-refractivity contribution is 5.81. The lowest BCUT2D eigenvalue weighted by Gasteiger charge is -2.54. The first-order chi connectivity index (χ1) is 4.82. The van der Waals surface area contributed by atoms with Gasteiger partial charge in [0.15, 0.2) is 0 Å². The van der Waals surface area contributed by atoms with E-state index in [2.05, 4.69) is 0 Å². The van der Waals surface area contributed by atoms with Gasteiger partial charge in [-0.15, -0.1) is 0 Å². The van der Waals surface area contributed by atoms with Crippen LogP contribution in [0.5, 0.6) is 0 Å². The summed E-state index contributed by atoms with van der Waals surface area (Å²) in [5.41, 5.74) is 3.60. The van der Waals surface area contributed by atoms with Gasteiger partial charge in [-0.2, -0.15) is 0 Å². The lowest BCUT2D eigenvalue weighted by Crippen LogP contribution is -2.73. The molecule has 11 heavy (non-hydrogen) atoms. The normalized spacial score (nSPS) is 41.3. The number of nitrogens with two attached hydrogens (primary N) is 1. The van der Waals surface area contributed by atoms with Gasteiger partial charge >= 0.3 is 5.97 Å². The van der Waals surface area contributed by atoms with E-state index in [0.29, 0.717) is 0 Å². The zero-order valence-electron chi connectivity index (χ0n) is 6.66. The van der Waals surface area contributed by atoms with Gasteiger partial charge in [0.1, 0.15) is 5.54 Å². The van der Waals surface area contributed by atoms with Crippen LogP contribution in [0.25, 0.3) is 0 Å². The number of carbonyl (C=O) groups is 1. The number of aliphatic carboxylic acids is 1. The molecule has 4 N–H and O–H groups in total. The molecule has 4 nitrogen and oxygen atoms in total. The molecule has 2 atom stereocenters. The van der Waals surface area contributed by atoms with Crippen LogP contribution >= 0.6 is 0 Å². The number of rotatable bonds is 1. The van der Waals surface area contributed by atoms with Gasteiger partial charge in [0.2, 0.25) is 0 Å². The number of carboxylic acid groups (broad SMARTS) is 1. The van der Waals surface area contributed by atoms with Crippen molar-refractivity contribution < 1.29 is 15.0 Å². The smallest absolute Gasteiger partial charge is 0.324 e. The fourth-order valence-electron chi connectivity index (χ4n) is 1.35.